The first-order chi connectivity index (χ1) is 11.4. The van der Waals surface area contributed by atoms with Gasteiger partial charge in [-0.3, -0.25) is 9.59 Å². The number of rotatable bonds is 3. The van der Waals surface area contributed by atoms with Crippen molar-refractivity contribution in [1.29, 1.82) is 0 Å². The molecule has 2 nitrogen and oxygen atoms in total. The van der Waals surface area contributed by atoms with Crippen LogP contribution in [0.5, 0.6) is 0 Å². The Morgan fingerprint density at radius 1 is 0.958 bits per heavy atom. The zero-order valence-corrected chi connectivity index (χ0v) is 15.1. The fourth-order valence-corrected chi connectivity index (χ4v) is 3.65. The average Bonchev–Trinajstić information content (AvgIpc) is 2.53. The molecule has 0 aliphatic carbocycles. The van der Waals surface area contributed by atoms with E-state index in [2.05, 4.69) is 0 Å². The second-order valence-corrected chi connectivity index (χ2v) is 7.29. The molecule has 24 heavy (non-hydrogen) atoms. The van der Waals surface area contributed by atoms with Gasteiger partial charge in [0, 0.05) is 19.8 Å². The predicted octanol–water partition coefficient (Wildman–Crippen LogP) is 6.12. The molecule has 1 aromatic heterocycles. The Morgan fingerprint density at radius 2 is 1.67 bits per heavy atom. The van der Waals surface area contributed by atoms with Crippen molar-refractivity contribution in [1.82, 2.24) is 0 Å². The zero-order valence-electron chi connectivity index (χ0n) is 12.1. The predicted molar refractivity (Wildman–Crippen MR) is 103 cm³/mol. The number of fused-ring (bicyclic) bond motifs is 1. The van der Waals surface area contributed by atoms with Gasteiger partial charge in [0.15, 0.2) is 5.78 Å². The normalized spacial score (nSPS) is 11.3. The number of hydrogen-bond donors (Lipinski definition) is 0. The van der Waals surface area contributed by atoms with E-state index in [1.165, 1.54) is 6.08 Å². The van der Waals surface area contributed by atoms with Crippen LogP contribution < -0.4 is 4.74 Å². The maximum absolute atomic E-state index is 12.4. The fourth-order valence-electron chi connectivity index (χ4n) is 2.16. The molecule has 1 heterocycles. The average molecular weight is 396 g/mol. The third-order valence-electron chi connectivity index (χ3n) is 3.34. The van der Waals surface area contributed by atoms with E-state index in [0.29, 0.717) is 20.6 Å². The summed E-state index contributed by atoms with van der Waals surface area (Å²) in [4.78, 5) is 24.5. The molecule has 0 aliphatic rings. The van der Waals surface area contributed by atoms with Gasteiger partial charge in [0.05, 0.1) is 5.56 Å². The van der Waals surface area contributed by atoms with Crippen molar-refractivity contribution in [2.45, 2.75) is 0 Å². The van der Waals surface area contributed by atoms with Gasteiger partial charge in [0.1, 0.15) is 0 Å². The third kappa shape index (κ3) is 3.70. The lowest BCUT2D eigenvalue weighted by atomic mass is 10.1. The van der Waals surface area contributed by atoms with Gasteiger partial charge < -0.3 is 0 Å². The summed E-state index contributed by atoms with van der Waals surface area (Å²) in [6.45, 7) is 0. The maximum atomic E-state index is 12.4. The lowest BCUT2D eigenvalue weighted by Gasteiger charge is -2.01. The molecule has 0 atom stereocenters. The van der Waals surface area contributed by atoms with Crippen LogP contribution >= 0.6 is 46.1 Å². The number of ketones is 1. The van der Waals surface area contributed by atoms with Crippen molar-refractivity contribution in [3.8, 4) is 0 Å². The molecule has 2 aromatic carbocycles. The molecule has 3 aromatic rings. The van der Waals surface area contributed by atoms with Gasteiger partial charge >= 0.3 is 0 Å². The summed E-state index contributed by atoms with van der Waals surface area (Å²) >= 11 is 18.9. The number of benzene rings is 2. The summed E-state index contributed by atoms with van der Waals surface area (Å²) in [6.07, 6.45) is 2.89. The molecule has 0 N–H and O–H groups in total. The number of hydrogen-bond acceptors (Lipinski definition) is 3. The minimum Gasteiger partial charge on any atom is -0.289 e. The largest absolute Gasteiger partial charge is 0.289 e. The lowest BCUT2D eigenvalue weighted by Crippen LogP contribution is -2.09. The summed E-state index contributed by atoms with van der Waals surface area (Å²) in [5.74, 6) is -0.385. The number of carbonyl (C=O) groups is 1. The Balaban J connectivity index is 1.97. The summed E-state index contributed by atoms with van der Waals surface area (Å²) in [6, 6.07) is 11.7. The van der Waals surface area contributed by atoms with E-state index in [4.69, 9.17) is 34.8 Å². The summed E-state index contributed by atoms with van der Waals surface area (Å²) in [5, 5.41) is 2.25. The van der Waals surface area contributed by atoms with Gasteiger partial charge in [-0.05, 0) is 59.5 Å². The van der Waals surface area contributed by atoms with Crippen LogP contribution in [0.25, 0.3) is 16.2 Å². The van der Waals surface area contributed by atoms with Crippen molar-refractivity contribution in [3.05, 3.63) is 84.3 Å². The minimum absolute atomic E-state index is 0.108. The number of halogens is 3. The molecule has 0 saturated heterocycles. The quantitative estimate of drug-likeness (QED) is 0.395. The van der Waals surface area contributed by atoms with E-state index in [0.717, 1.165) is 21.4 Å². The standard InChI is InChI=1S/C18H9Cl3O2S/c19-12-4-6-17-11(7-12)8-14(18(23)24-17)16(22)5-2-10-1-3-13(20)9-15(10)21/h1-9H/b5-2-. The van der Waals surface area contributed by atoms with Gasteiger partial charge in [-0.2, -0.15) is 0 Å². The highest BCUT2D eigenvalue weighted by Gasteiger charge is 2.10. The molecule has 0 saturated carbocycles. The molecule has 0 aliphatic heterocycles. The van der Waals surface area contributed by atoms with Gasteiger partial charge in [0.2, 0.25) is 4.74 Å². The molecular formula is C18H9Cl3O2S. The van der Waals surface area contributed by atoms with Crippen LogP contribution in [0.1, 0.15) is 15.9 Å². The first-order valence-electron chi connectivity index (χ1n) is 6.85. The highest BCUT2D eigenvalue weighted by molar-refractivity contribution is 7.16. The van der Waals surface area contributed by atoms with Gasteiger partial charge in [0.25, 0.3) is 0 Å². The van der Waals surface area contributed by atoms with E-state index >= 15 is 0 Å². The lowest BCUT2D eigenvalue weighted by molar-refractivity contribution is 0.104. The van der Waals surface area contributed by atoms with Gasteiger partial charge in [-0.25, -0.2) is 0 Å². The van der Waals surface area contributed by atoms with E-state index < -0.39 is 0 Å². The highest BCUT2D eigenvalue weighted by Crippen LogP contribution is 2.24. The first kappa shape index (κ1) is 17.2. The Bertz CT molecular complexity index is 1040. The molecular weight excluding hydrogens is 387 g/mol. The van der Waals surface area contributed by atoms with Crippen molar-refractivity contribution in [2.75, 3.05) is 0 Å². The van der Waals surface area contributed by atoms with Crippen LogP contribution in [0.4, 0.5) is 0 Å². The van der Waals surface area contributed by atoms with E-state index in [9.17, 15) is 9.59 Å². The van der Waals surface area contributed by atoms with Crippen molar-refractivity contribution < 1.29 is 4.79 Å². The van der Waals surface area contributed by atoms with Crippen LogP contribution in [0.15, 0.2) is 53.3 Å². The van der Waals surface area contributed by atoms with E-state index in [1.807, 2.05) is 0 Å². The van der Waals surface area contributed by atoms with Crippen molar-refractivity contribution >= 4 is 68.1 Å². The van der Waals surface area contributed by atoms with Gasteiger partial charge in [-0.1, -0.05) is 52.2 Å². The van der Waals surface area contributed by atoms with Crippen LogP contribution in [-0.4, -0.2) is 5.78 Å². The highest BCUT2D eigenvalue weighted by atomic mass is 35.5. The Hall–Kier alpha value is -1.65. The summed E-state index contributed by atoms with van der Waals surface area (Å²) < 4.78 is 0.493. The summed E-state index contributed by atoms with van der Waals surface area (Å²) in [5.41, 5.74) is 0.755. The summed E-state index contributed by atoms with van der Waals surface area (Å²) in [7, 11) is 0. The molecule has 0 bridgehead atoms. The van der Waals surface area contributed by atoms with Crippen LogP contribution in [0, 0.1) is 0 Å². The Morgan fingerprint density at radius 3 is 2.42 bits per heavy atom. The van der Waals surface area contributed by atoms with Crippen LogP contribution in [0.3, 0.4) is 0 Å². The monoisotopic (exact) mass is 394 g/mol. The smallest absolute Gasteiger partial charge is 0.244 e. The molecule has 3 rings (SSSR count). The number of allylic oxidation sites excluding steroid dienone is 1. The Labute approximate surface area is 156 Å². The second kappa shape index (κ2) is 7.08. The fraction of sp³-hybridized carbons (Fsp3) is 0. The maximum Gasteiger partial charge on any atom is 0.244 e. The second-order valence-electron chi connectivity index (χ2n) is 4.99. The zero-order chi connectivity index (χ0) is 17.3. The molecule has 0 unspecified atom stereocenters. The van der Waals surface area contributed by atoms with Crippen LogP contribution in [-0.2, 0) is 0 Å². The van der Waals surface area contributed by atoms with Crippen LogP contribution in [0.2, 0.25) is 15.1 Å². The molecule has 0 radical (unpaired) electrons. The Kier molecular flexibility index (Phi) is 5.07. The van der Waals surface area contributed by atoms with Crippen molar-refractivity contribution in [3.63, 3.8) is 0 Å². The first-order valence-corrected chi connectivity index (χ1v) is 8.80. The molecule has 0 spiro atoms. The topological polar surface area (TPSA) is 34.1 Å². The third-order valence-corrected chi connectivity index (χ3v) is 5.13. The van der Waals surface area contributed by atoms with Gasteiger partial charge in [-0.15, -0.1) is 0 Å². The molecule has 6 heteroatoms. The molecule has 120 valence electrons. The molecule has 0 amide bonds. The number of carbonyl (C=O) groups excluding carboxylic acids is 1. The molecule has 0 fully saturated rings. The van der Waals surface area contributed by atoms with E-state index in [1.54, 1.807) is 48.5 Å². The minimum atomic E-state index is -0.385. The van der Waals surface area contributed by atoms with E-state index in [-0.39, 0.29) is 16.1 Å². The van der Waals surface area contributed by atoms with Crippen molar-refractivity contribution in [2.24, 2.45) is 0 Å². The SMILES string of the molecule is O=C(/C=C\c1ccc(Cl)cc1Cl)c1cc2cc(Cl)ccc2sc1=O.